The molecule has 5 heteroatoms. The molecule has 0 radical (unpaired) electrons. The zero-order valence-corrected chi connectivity index (χ0v) is 15.0. The summed E-state index contributed by atoms with van der Waals surface area (Å²) < 4.78 is 5.52. The van der Waals surface area contributed by atoms with E-state index in [4.69, 9.17) is 4.74 Å². The molecule has 0 saturated heterocycles. The molecule has 0 aromatic heterocycles. The Morgan fingerprint density at radius 2 is 2.12 bits per heavy atom. The number of hydrogen-bond acceptors (Lipinski definition) is 3. The number of aliphatic hydroxyl groups is 1. The van der Waals surface area contributed by atoms with Crippen LogP contribution in [0.15, 0.2) is 30.3 Å². The normalized spacial score (nSPS) is 20.6. The van der Waals surface area contributed by atoms with Gasteiger partial charge < -0.3 is 20.1 Å². The summed E-state index contributed by atoms with van der Waals surface area (Å²) in [7, 11) is 1.71. The minimum Gasteiger partial charge on any atom is -0.389 e. The lowest BCUT2D eigenvalue weighted by Crippen LogP contribution is -2.49. The molecule has 1 aliphatic carbocycles. The van der Waals surface area contributed by atoms with Crippen molar-refractivity contribution in [2.45, 2.75) is 51.9 Å². The first kappa shape index (κ1) is 18.7. The van der Waals surface area contributed by atoms with Gasteiger partial charge in [-0.15, -0.1) is 0 Å². The third kappa shape index (κ3) is 5.49. The molecule has 0 heterocycles. The van der Waals surface area contributed by atoms with Crippen molar-refractivity contribution in [1.82, 2.24) is 10.2 Å². The number of benzene rings is 1. The fraction of sp³-hybridized carbons (Fsp3) is 0.632. The van der Waals surface area contributed by atoms with Crippen molar-refractivity contribution in [2.75, 3.05) is 20.2 Å². The maximum absolute atomic E-state index is 12.3. The van der Waals surface area contributed by atoms with E-state index >= 15 is 0 Å². The second-order valence-electron chi connectivity index (χ2n) is 7.42. The topological polar surface area (TPSA) is 61.8 Å². The zero-order chi connectivity index (χ0) is 17.6. The van der Waals surface area contributed by atoms with Gasteiger partial charge in [0.15, 0.2) is 0 Å². The Morgan fingerprint density at radius 1 is 1.42 bits per heavy atom. The molecule has 2 rings (SSSR count). The van der Waals surface area contributed by atoms with Gasteiger partial charge in [0.25, 0.3) is 0 Å². The van der Waals surface area contributed by atoms with Crippen LogP contribution >= 0.6 is 0 Å². The van der Waals surface area contributed by atoms with E-state index in [1.165, 1.54) is 4.90 Å². The lowest BCUT2D eigenvalue weighted by atomic mass is 9.87. The van der Waals surface area contributed by atoms with Crippen LogP contribution in [0.5, 0.6) is 0 Å². The molecular formula is C19H30N2O3. The van der Waals surface area contributed by atoms with Crippen LogP contribution in [0, 0.1) is 5.41 Å². The van der Waals surface area contributed by atoms with Crippen LogP contribution in [0.3, 0.4) is 0 Å². The number of carbonyl (C=O) groups is 1. The second kappa shape index (κ2) is 8.49. The molecule has 2 N–H and O–H groups in total. The Kier molecular flexibility index (Phi) is 6.63. The van der Waals surface area contributed by atoms with Crippen molar-refractivity contribution in [3.05, 3.63) is 35.9 Å². The van der Waals surface area contributed by atoms with E-state index in [1.54, 1.807) is 7.05 Å². The molecule has 1 fully saturated rings. The molecule has 1 aromatic rings. The number of likely N-dealkylation sites (N-methyl/N-ethyl adjacent to an activating group) is 1. The van der Waals surface area contributed by atoms with Crippen molar-refractivity contribution in [2.24, 2.45) is 5.41 Å². The van der Waals surface area contributed by atoms with E-state index < -0.39 is 6.10 Å². The molecule has 24 heavy (non-hydrogen) atoms. The number of carbonyl (C=O) groups excluding carboxylic acids is 1. The van der Waals surface area contributed by atoms with E-state index in [2.05, 4.69) is 19.2 Å². The molecule has 2 amide bonds. The van der Waals surface area contributed by atoms with Crippen LogP contribution in [0.1, 0.15) is 38.7 Å². The summed E-state index contributed by atoms with van der Waals surface area (Å²) in [6, 6.07) is 9.91. The van der Waals surface area contributed by atoms with Crippen molar-refractivity contribution in [1.29, 1.82) is 0 Å². The van der Waals surface area contributed by atoms with Gasteiger partial charge in [-0.25, -0.2) is 4.79 Å². The van der Waals surface area contributed by atoms with E-state index in [9.17, 15) is 9.90 Å². The number of rotatable bonds is 7. The van der Waals surface area contributed by atoms with Crippen molar-refractivity contribution < 1.29 is 14.6 Å². The maximum atomic E-state index is 12.3. The second-order valence-corrected chi connectivity index (χ2v) is 7.42. The maximum Gasteiger partial charge on any atom is 0.317 e. The fourth-order valence-corrected chi connectivity index (χ4v) is 3.19. The Bertz CT molecular complexity index is 519. The molecule has 1 aromatic carbocycles. The number of hydrogen-bond donors (Lipinski definition) is 2. The average Bonchev–Trinajstić information content (AvgIpc) is 2.87. The molecule has 2 atom stereocenters. The van der Waals surface area contributed by atoms with E-state index in [-0.39, 0.29) is 30.6 Å². The highest BCUT2D eigenvalue weighted by molar-refractivity contribution is 5.74. The first-order valence-electron chi connectivity index (χ1n) is 8.70. The van der Waals surface area contributed by atoms with Crippen molar-refractivity contribution in [3.63, 3.8) is 0 Å². The smallest absolute Gasteiger partial charge is 0.317 e. The first-order valence-corrected chi connectivity index (χ1v) is 8.70. The summed E-state index contributed by atoms with van der Waals surface area (Å²) in [5.74, 6) is 0. The molecular weight excluding hydrogens is 304 g/mol. The highest BCUT2D eigenvalue weighted by Crippen LogP contribution is 2.37. The Hall–Kier alpha value is -1.59. The lowest BCUT2D eigenvalue weighted by molar-refractivity contribution is 0.0178. The highest BCUT2D eigenvalue weighted by Gasteiger charge is 2.35. The number of aliphatic hydroxyl groups excluding tert-OH is 1. The third-order valence-corrected chi connectivity index (χ3v) is 4.81. The summed E-state index contributed by atoms with van der Waals surface area (Å²) in [6.45, 7) is 5.31. The SMILES string of the molecule is CN(CC(O)COCc1ccccc1)C(=O)NC1CCCC1(C)C. The van der Waals surface area contributed by atoms with Crippen LogP contribution in [-0.2, 0) is 11.3 Å². The number of nitrogens with zero attached hydrogens (tertiary/aromatic N) is 1. The molecule has 2 unspecified atom stereocenters. The number of amides is 2. The van der Waals surface area contributed by atoms with Gasteiger partial charge in [0.2, 0.25) is 0 Å². The van der Waals surface area contributed by atoms with Gasteiger partial charge >= 0.3 is 6.03 Å². The van der Waals surface area contributed by atoms with E-state index in [1.807, 2.05) is 30.3 Å². The summed E-state index contributed by atoms with van der Waals surface area (Å²) in [4.78, 5) is 13.8. The summed E-state index contributed by atoms with van der Waals surface area (Å²) >= 11 is 0. The van der Waals surface area contributed by atoms with E-state index in [0.29, 0.717) is 6.61 Å². The monoisotopic (exact) mass is 334 g/mol. The Balaban J connectivity index is 1.68. The summed E-state index contributed by atoms with van der Waals surface area (Å²) in [6.07, 6.45) is 2.62. The van der Waals surface area contributed by atoms with Gasteiger partial charge in [-0.05, 0) is 23.8 Å². The molecule has 0 bridgehead atoms. The highest BCUT2D eigenvalue weighted by atomic mass is 16.5. The van der Waals surface area contributed by atoms with Gasteiger partial charge in [-0.3, -0.25) is 0 Å². The number of nitrogens with one attached hydrogen (secondary N) is 1. The predicted octanol–water partition coefficient (Wildman–Crippen LogP) is 2.78. The van der Waals surface area contributed by atoms with Crippen molar-refractivity contribution in [3.8, 4) is 0 Å². The van der Waals surface area contributed by atoms with Gasteiger partial charge in [-0.1, -0.05) is 50.6 Å². The number of ether oxygens (including phenoxy) is 1. The molecule has 0 spiro atoms. The molecule has 1 aliphatic rings. The standard InChI is InChI=1S/C19H30N2O3/c1-19(2)11-7-10-17(19)20-18(23)21(3)12-16(22)14-24-13-15-8-5-4-6-9-15/h4-6,8-9,16-17,22H,7,10-14H2,1-3H3,(H,20,23). The average molecular weight is 334 g/mol. The van der Waals surface area contributed by atoms with Gasteiger partial charge in [0.1, 0.15) is 0 Å². The van der Waals surface area contributed by atoms with Gasteiger partial charge in [0.05, 0.1) is 25.9 Å². The molecule has 5 nitrogen and oxygen atoms in total. The largest absolute Gasteiger partial charge is 0.389 e. The van der Waals surface area contributed by atoms with Crippen LogP contribution in [0.2, 0.25) is 0 Å². The van der Waals surface area contributed by atoms with Crippen molar-refractivity contribution >= 4 is 6.03 Å². The fourth-order valence-electron chi connectivity index (χ4n) is 3.19. The van der Waals surface area contributed by atoms with Gasteiger partial charge in [0, 0.05) is 13.1 Å². The Morgan fingerprint density at radius 3 is 2.75 bits per heavy atom. The molecule has 134 valence electrons. The van der Waals surface area contributed by atoms with Gasteiger partial charge in [-0.2, -0.15) is 0 Å². The predicted molar refractivity (Wildman–Crippen MR) is 94.7 cm³/mol. The molecule has 1 saturated carbocycles. The lowest BCUT2D eigenvalue weighted by Gasteiger charge is -2.30. The number of urea groups is 1. The van der Waals surface area contributed by atoms with Crippen LogP contribution in [0.25, 0.3) is 0 Å². The first-order chi connectivity index (χ1) is 11.4. The van der Waals surface area contributed by atoms with Crippen LogP contribution in [0.4, 0.5) is 4.79 Å². The molecule has 0 aliphatic heterocycles. The summed E-state index contributed by atoms with van der Waals surface area (Å²) in [5.41, 5.74) is 1.22. The van der Waals surface area contributed by atoms with E-state index in [0.717, 1.165) is 24.8 Å². The quantitative estimate of drug-likeness (QED) is 0.806. The third-order valence-electron chi connectivity index (χ3n) is 4.81. The Labute approximate surface area is 145 Å². The minimum atomic E-state index is -0.693. The minimum absolute atomic E-state index is 0.128. The van der Waals surface area contributed by atoms with Crippen LogP contribution in [-0.4, -0.2) is 48.4 Å². The zero-order valence-electron chi connectivity index (χ0n) is 15.0. The summed E-state index contributed by atoms with van der Waals surface area (Å²) in [5, 5.41) is 13.2. The van der Waals surface area contributed by atoms with Crippen LogP contribution < -0.4 is 5.32 Å².